The van der Waals surface area contributed by atoms with Gasteiger partial charge in [0.25, 0.3) is 0 Å². The number of aryl methyl sites for hydroxylation is 2. The van der Waals surface area contributed by atoms with E-state index < -0.39 is 5.54 Å². The number of nitriles is 1. The second-order valence-corrected chi connectivity index (χ2v) is 6.82. The van der Waals surface area contributed by atoms with Gasteiger partial charge in [-0.15, -0.1) is 0 Å². The number of benzene rings is 1. The van der Waals surface area contributed by atoms with Crippen LogP contribution in [0.5, 0.6) is 0 Å². The molecule has 1 heterocycles. The summed E-state index contributed by atoms with van der Waals surface area (Å²) in [6, 6.07) is 6.19. The number of piperidine rings is 1. The molecule has 0 spiro atoms. The van der Waals surface area contributed by atoms with E-state index in [1.807, 2.05) is 31.0 Å². The number of amides is 1. The third-order valence-corrected chi connectivity index (χ3v) is 5.39. The Morgan fingerprint density at radius 1 is 1.38 bits per heavy atom. The van der Waals surface area contributed by atoms with Crippen LogP contribution in [-0.4, -0.2) is 48.7 Å². The molecule has 0 unspecified atom stereocenters. The number of hydrogen-bond acceptors (Lipinski definition) is 4. The van der Waals surface area contributed by atoms with Crippen molar-refractivity contribution in [3.8, 4) is 6.07 Å². The molecule has 1 aliphatic heterocycles. The van der Waals surface area contributed by atoms with Crippen LogP contribution in [-0.2, 0) is 16.1 Å². The quantitative estimate of drug-likeness (QED) is 0.838. The summed E-state index contributed by atoms with van der Waals surface area (Å²) in [6.07, 6.45) is 1.34. The summed E-state index contributed by atoms with van der Waals surface area (Å²) in [5.41, 5.74) is 2.23. The van der Waals surface area contributed by atoms with Crippen molar-refractivity contribution in [3.63, 3.8) is 0 Å². The Balaban J connectivity index is 2.14. The van der Waals surface area contributed by atoms with Crippen molar-refractivity contribution in [1.82, 2.24) is 9.96 Å². The van der Waals surface area contributed by atoms with Gasteiger partial charge in [-0.25, -0.2) is 0 Å². The van der Waals surface area contributed by atoms with Crippen molar-refractivity contribution in [2.45, 2.75) is 38.6 Å². The standard InChI is InChI=1S/C18H24ClN3O2/c1-13-9-15(16(19)10-14(13)2)11-17(23)21(3)18(12-20)5-7-22(24-4)8-6-18/h9-10H,5-8,11H2,1-4H3. The Kier molecular flexibility index (Phi) is 5.87. The summed E-state index contributed by atoms with van der Waals surface area (Å²) in [6.45, 7) is 5.26. The van der Waals surface area contributed by atoms with Crippen molar-refractivity contribution in [3.05, 3.63) is 33.8 Å². The molecule has 0 radical (unpaired) electrons. The number of rotatable bonds is 4. The highest BCUT2D eigenvalue weighted by molar-refractivity contribution is 6.31. The van der Waals surface area contributed by atoms with Gasteiger partial charge in [0.05, 0.1) is 19.6 Å². The van der Waals surface area contributed by atoms with Gasteiger partial charge in [0.1, 0.15) is 5.54 Å². The molecule has 0 atom stereocenters. The summed E-state index contributed by atoms with van der Waals surface area (Å²) >= 11 is 6.28. The molecule has 1 saturated heterocycles. The average Bonchev–Trinajstić information content (AvgIpc) is 2.59. The Hall–Kier alpha value is -1.61. The van der Waals surface area contributed by atoms with Crippen LogP contribution in [0.3, 0.4) is 0 Å². The first-order valence-electron chi connectivity index (χ1n) is 8.05. The SMILES string of the molecule is CON1CCC(C#N)(N(C)C(=O)Cc2cc(C)c(C)cc2Cl)CC1. The summed E-state index contributed by atoms with van der Waals surface area (Å²) in [5, 5.41) is 12.1. The van der Waals surface area contributed by atoms with E-state index in [4.69, 9.17) is 16.4 Å². The fourth-order valence-electron chi connectivity index (χ4n) is 3.06. The van der Waals surface area contributed by atoms with E-state index in [1.54, 1.807) is 19.1 Å². The Morgan fingerprint density at radius 3 is 2.50 bits per heavy atom. The summed E-state index contributed by atoms with van der Waals surface area (Å²) in [4.78, 5) is 19.5. The van der Waals surface area contributed by atoms with Crippen LogP contribution in [0.2, 0.25) is 5.02 Å². The Bertz CT molecular complexity index is 661. The number of likely N-dealkylation sites (N-methyl/N-ethyl adjacent to an activating group) is 1. The van der Waals surface area contributed by atoms with E-state index in [2.05, 4.69) is 6.07 Å². The van der Waals surface area contributed by atoms with Crippen molar-refractivity contribution in [1.29, 1.82) is 5.26 Å². The monoisotopic (exact) mass is 349 g/mol. The fourth-order valence-corrected chi connectivity index (χ4v) is 3.34. The van der Waals surface area contributed by atoms with Crippen LogP contribution in [0.25, 0.3) is 0 Å². The lowest BCUT2D eigenvalue weighted by Gasteiger charge is -2.42. The lowest BCUT2D eigenvalue weighted by Crippen LogP contribution is -2.55. The Morgan fingerprint density at radius 2 is 1.96 bits per heavy atom. The molecule has 1 amide bonds. The van der Waals surface area contributed by atoms with Crippen molar-refractivity contribution in [2.24, 2.45) is 0 Å². The van der Waals surface area contributed by atoms with Gasteiger partial charge in [-0.1, -0.05) is 17.7 Å². The number of nitrogens with zero attached hydrogens (tertiary/aromatic N) is 3. The van der Waals surface area contributed by atoms with Crippen molar-refractivity contribution < 1.29 is 9.63 Å². The number of carbonyl (C=O) groups is 1. The van der Waals surface area contributed by atoms with Crippen LogP contribution in [0, 0.1) is 25.2 Å². The van der Waals surface area contributed by atoms with Gasteiger partial charge in [-0.3, -0.25) is 4.79 Å². The number of halogens is 1. The molecule has 130 valence electrons. The molecule has 1 fully saturated rings. The molecule has 0 bridgehead atoms. The molecule has 6 heteroatoms. The lowest BCUT2D eigenvalue weighted by atomic mass is 9.87. The summed E-state index contributed by atoms with van der Waals surface area (Å²) in [7, 11) is 3.33. The average molecular weight is 350 g/mol. The van der Waals surface area contributed by atoms with Gasteiger partial charge < -0.3 is 9.74 Å². The molecular formula is C18H24ClN3O2. The van der Waals surface area contributed by atoms with Crippen LogP contribution in [0.1, 0.15) is 29.5 Å². The second-order valence-electron chi connectivity index (χ2n) is 6.41. The first-order chi connectivity index (χ1) is 11.3. The van der Waals surface area contributed by atoms with Gasteiger partial charge >= 0.3 is 0 Å². The molecule has 0 N–H and O–H groups in total. The number of hydrogen-bond donors (Lipinski definition) is 0. The maximum atomic E-state index is 12.7. The zero-order valence-electron chi connectivity index (χ0n) is 14.7. The van der Waals surface area contributed by atoms with E-state index in [0.717, 1.165) is 16.7 Å². The first-order valence-corrected chi connectivity index (χ1v) is 8.43. The maximum absolute atomic E-state index is 12.7. The minimum absolute atomic E-state index is 0.0902. The zero-order valence-corrected chi connectivity index (χ0v) is 15.5. The van der Waals surface area contributed by atoms with Gasteiger partial charge in [0.2, 0.25) is 5.91 Å². The van der Waals surface area contributed by atoms with Crippen LogP contribution < -0.4 is 0 Å². The van der Waals surface area contributed by atoms with Crippen LogP contribution in [0.15, 0.2) is 12.1 Å². The van der Waals surface area contributed by atoms with Crippen LogP contribution in [0.4, 0.5) is 0 Å². The molecule has 5 nitrogen and oxygen atoms in total. The van der Waals surface area contributed by atoms with E-state index in [9.17, 15) is 10.1 Å². The molecule has 1 aliphatic rings. The second kappa shape index (κ2) is 7.52. The molecule has 0 saturated carbocycles. The highest BCUT2D eigenvalue weighted by atomic mass is 35.5. The van der Waals surface area contributed by atoms with E-state index >= 15 is 0 Å². The fraction of sp³-hybridized carbons (Fsp3) is 0.556. The van der Waals surface area contributed by atoms with Gasteiger partial charge in [-0.2, -0.15) is 10.3 Å². The predicted molar refractivity (Wildman–Crippen MR) is 93.6 cm³/mol. The summed E-state index contributed by atoms with van der Waals surface area (Å²) in [5.74, 6) is -0.0902. The van der Waals surface area contributed by atoms with Gasteiger partial charge in [0, 0.05) is 25.2 Å². The third-order valence-electron chi connectivity index (χ3n) is 5.04. The van der Waals surface area contributed by atoms with E-state index in [0.29, 0.717) is 31.0 Å². The van der Waals surface area contributed by atoms with E-state index in [1.165, 1.54) is 0 Å². The topological polar surface area (TPSA) is 56.6 Å². The third kappa shape index (κ3) is 3.72. The highest BCUT2D eigenvalue weighted by Gasteiger charge is 2.41. The highest BCUT2D eigenvalue weighted by Crippen LogP contribution is 2.29. The molecule has 24 heavy (non-hydrogen) atoms. The zero-order chi connectivity index (χ0) is 17.9. The minimum atomic E-state index is -0.779. The molecule has 1 aromatic rings. The number of hydroxylamine groups is 2. The predicted octanol–water partition coefficient (Wildman–Crippen LogP) is 2.88. The van der Waals surface area contributed by atoms with Gasteiger partial charge in [0.15, 0.2) is 0 Å². The van der Waals surface area contributed by atoms with Crippen LogP contribution >= 0.6 is 11.6 Å². The molecule has 1 aromatic carbocycles. The normalized spacial score (nSPS) is 17.3. The molecular weight excluding hydrogens is 326 g/mol. The largest absolute Gasteiger partial charge is 0.327 e. The smallest absolute Gasteiger partial charge is 0.228 e. The lowest BCUT2D eigenvalue weighted by molar-refractivity contribution is -0.161. The van der Waals surface area contributed by atoms with Gasteiger partial charge in [-0.05, 0) is 49.4 Å². The van der Waals surface area contributed by atoms with E-state index in [-0.39, 0.29) is 12.3 Å². The molecule has 0 aromatic heterocycles. The minimum Gasteiger partial charge on any atom is -0.327 e. The maximum Gasteiger partial charge on any atom is 0.228 e. The molecule has 2 rings (SSSR count). The molecule has 0 aliphatic carbocycles. The Labute approximate surface area is 148 Å². The number of carbonyl (C=O) groups excluding carboxylic acids is 1. The summed E-state index contributed by atoms with van der Waals surface area (Å²) < 4.78 is 0. The van der Waals surface area contributed by atoms with Crippen molar-refractivity contribution >= 4 is 17.5 Å². The van der Waals surface area contributed by atoms with Crippen molar-refractivity contribution in [2.75, 3.05) is 27.2 Å². The first kappa shape index (κ1) is 18.7.